The van der Waals surface area contributed by atoms with Gasteiger partial charge in [0.05, 0.1) is 12.7 Å². The van der Waals surface area contributed by atoms with Crippen molar-refractivity contribution in [2.24, 2.45) is 14.1 Å². The molecule has 0 aliphatic carbocycles. The highest BCUT2D eigenvalue weighted by atomic mass is 16.5. The Hall–Kier alpha value is -3.66. The maximum absolute atomic E-state index is 13.2. The summed E-state index contributed by atoms with van der Waals surface area (Å²) in [7, 11) is 7.23. The van der Waals surface area contributed by atoms with E-state index in [9.17, 15) is 4.79 Å². The summed E-state index contributed by atoms with van der Waals surface area (Å²) in [6.45, 7) is 1.90. The smallest absolute Gasteiger partial charge is 0.259 e. The van der Waals surface area contributed by atoms with E-state index in [-0.39, 0.29) is 5.91 Å². The summed E-state index contributed by atoms with van der Waals surface area (Å²) < 4.78 is 8.81. The van der Waals surface area contributed by atoms with Crippen LogP contribution in [0.1, 0.15) is 16.8 Å². The zero-order valence-electron chi connectivity index (χ0n) is 18.6. The van der Waals surface area contributed by atoms with E-state index in [0.717, 1.165) is 36.0 Å². The molecule has 3 aromatic heterocycles. The lowest BCUT2D eigenvalue weighted by Gasteiger charge is -2.20. The first-order chi connectivity index (χ1) is 15.5. The number of carbonyl (C=O) groups excluding carboxylic acids is 1. The maximum atomic E-state index is 13.2. The van der Waals surface area contributed by atoms with Gasteiger partial charge in [-0.3, -0.25) is 14.2 Å². The Bertz CT molecular complexity index is 1320. The van der Waals surface area contributed by atoms with Crippen LogP contribution in [-0.2, 0) is 14.1 Å². The molecule has 1 unspecified atom stereocenters. The highest BCUT2D eigenvalue weighted by Gasteiger charge is 2.25. The van der Waals surface area contributed by atoms with Crippen LogP contribution in [0.5, 0.6) is 5.88 Å². The Labute approximate surface area is 185 Å². The monoisotopic (exact) mass is 434 g/mol. The molecule has 4 aromatic rings. The van der Waals surface area contributed by atoms with Crippen molar-refractivity contribution in [2.75, 3.05) is 37.5 Å². The number of aromatic nitrogens is 5. The molecule has 10 heteroatoms. The van der Waals surface area contributed by atoms with Crippen molar-refractivity contribution in [3.8, 4) is 5.88 Å². The van der Waals surface area contributed by atoms with Crippen LogP contribution in [-0.4, -0.2) is 63.7 Å². The van der Waals surface area contributed by atoms with E-state index in [4.69, 9.17) is 4.74 Å². The van der Waals surface area contributed by atoms with Gasteiger partial charge in [0.2, 0.25) is 5.88 Å². The van der Waals surface area contributed by atoms with Gasteiger partial charge >= 0.3 is 0 Å². The Balaban J connectivity index is 1.49. The molecule has 166 valence electrons. The molecule has 2 N–H and O–H groups in total. The molecule has 1 aliphatic heterocycles. The standard InChI is InChI=1S/C22H26N8O2/c1-23-14-7-8-30(11-14)17-6-5-15(20-16(17)12-29(3)27-20)21(31)24-18-9-13-10-28(2)26-19(13)22(25-18)32-4/h5-6,9-10,12,14,23H,7-8,11H2,1-4H3,(H,24,31). The number of likely N-dealkylation sites (N-methyl/N-ethyl adjacent to an activating group) is 1. The molecule has 32 heavy (non-hydrogen) atoms. The van der Waals surface area contributed by atoms with Crippen LogP contribution in [0.15, 0.2) is 30.6 Å². The van der Waals surface area contributed by atoms with E-state index in [1.54, 1.807) is 15.4 Å². The molecule has 0 saturated carbocycles. The first-order valence-electron chi connectivity index (χ1n) is 10.5. The average molecular weight is 435 g/mol. The van der Waals surface area contributed by atoms with E-state index in [1.165, 1.54) is 7.11 Å². The molecule has 5 rings (SSSR count). The maximum Gasteiger partial charge on any atom is 0.259 e. The summed E-state index contributed by atoms with van der Waals surface area (Å²) in [6, 6.07) is 6.10. The third kappa shape index (κ3) is 3.42. The molecule has 1 aromatic carbocycles. The zero-order valence-corrected chi connectivity index (χ0v) is 18.6. The lowest BCUT2D eigenvalue weighted by molar-refractivity contribution is 0.102. The summed E-state index contributed by atoms with van der Waals surface area (Å²) in [6.07, 6.45) is 4.91. The van der Waals surface area contributed by atoms with Gasteiger partial charge in [-0.05, 0) is 31.7 Å². The summed E-state index contributed by atoms with van der Waals surface area (Å²) >= 11 is 0. The Morgan fingerprint density at radius 2 is 1.94 bits per heavy atom. The fourth-order valence-electron chi connectivity index (χ4n) is 4.39. The van der Waals surface area contributed by atoms with Gasteiger partial charge in [0.25, 0.3) is 5.91 Å². The van der Waals surface area contributed by atoms with Crippen LogP contribution in [0.3, 0.4) is 0 Å². The molecule has 1 saturated heterocycles. The van der Waals surface area contributed by atoms with E-state index >= 15 is 0 Å². The second-order valence-corrected chi connectivity index (χ2v) is 8.13. The first-order valence-corrected chi connectivity index (χ1v) is 10.5. The van der Waals surface area contributed by atoms with Gasteiger partial charge in [-0.1, -0.05) is 0 Å². The van der Waals surface area contributed by atoms with E-state index in [0.29, 0.717) is 34.3 Å². The topological polar surface area (TPSA) is 102 Å². The third-order valence-corrected chi connectivity index (χ3v) is 5.96. The van der Waals surface area contributed by atoms with Crippen molar-refractivity contribution < 1.29 is 9.53 Å². The number of hydrogen-bond donors (Lipinski definition) is 2. The molecule has 1 amide bonds. The van der Waals surface area contributed by atoms with Crippen molar-refractivity contribution in [1.29, 1.82) is 0 Å². The number of fused-ring (bicyclic) bond motifs is 2. The van der Waals surface area contributed by atoms with Crippen molar-refractivity contribution in [3.63, 3.8) is 0 Å². The highest BCUT2D eigenvalue weighted by molar-refractivity contribution is 6.14. The van der Waals surface area contributed by atoms with Gasteiger partial charge in [-0.25, -0.2) is 0 Å². The van der Waals surface area contributed by atoms with Crippen molar-refractivity contribution in [2.45, 2.75) is 12.5 Å². The third-order valence-electron chi connectivity index (χ3n) is 5.96. The summed E-state index contributed by atoms with van der Waals surface area (Å²) in [5, 5.41) is 17.0. The van der Waals surface area contributed by atoms with Gasteiger partial charge in [0.1, 0.15) is 11.3 Å². The number of ether oxygens (including phenoxy) is 1. The lowest BCUT2D eigenvalue weighted by Crippen LogP contribution is -2.29. The van der Waals surface area contributed by atoms with Gasteiger partial charge in [-0.2, -0.15) is 15.2 Å². The van der Waals surface area contributed by atoms with Crippen LogP contribution in [0.25, 0.3) is 21.8 Å². The largest absolute Gasteiger partial charge is 0.479 e. The SMILES string of the molecule is CNC1CCN(c2ccc(C(=O)Nc3cc4cn(C)nc4c(OC)n3)c3nn(C)cc23)C1. The first kappa shape index (κ1) is 20.3. The molecular weight excluding hydrogens is 408 g/mol. The predicted molar refractivity (Wildman–Crippen MR) is 123 cm³/mol. The quantitative estimate of drug-likeness (QED) is 0.495. The Kier molecular flexibility index (Phi) is 4.93. The van der Waals surface area contributed by atoms with Crippen molar-refractivity contribution in [1.82, 2.24) is 29.9 Å². The molecule has 0 bridgehead atoms. The second kappa shape index (κ2) is 7.79. The van der Waals surface area contributed by atoms with Crippen LogP contribution < -0.4 is 20.3 Å². The van der Waals surface area contributed by atoms with Gasteiger partial charge in [0.15, 0.2) is 5.52 Å². The van der Waals surface area contributed by atoms with Crippen LogP contribution in [0, 0.1) is 0 Å². The molecule has 0 radical (unpaired) electrons. The van der Waals surface area contributed by atoms with Crippen molar-refractivity contribution >= 4 is 39.2 Å². The predicted octanol–water partition coefficient (Wildman–Crippen LogP) is 1.91. The highest BCUT2D eigenvalue weighted by Crippen LogP contribution is 2.32. The average Bonchev–Trinajstić information content (AvgIpc) is 3.49. The van der Waals surface area contributed by atoms with Crippen LogP contribution in [0.2, 0.25) is 0 Å². The number of methoxy groups -OCH3 is 1. The minimum Gasteiger partial charge on any atom is -0.479 e. The fourth-order valence-corrected chi connectivity index (χ4v) is 4.39. The van der Waals surface area contributed by atoms with E-state index < -0.39 is 0 Å². The Morgan fingerprint density at radius 3 is 2.69 bits per heavy atom. The summed E-state index contributed by atoms with van der Waals surface area (Å²) in [5.74, 6) is 0.495. The summed E-state index contributed by atoms with van der Waals surface area (Å²) in [5.41, 5.74) is 2.92. The number of nitrogens with zero attached hydrogens (tertiary/aromatic N) is 6. The summed E-state index contributed by atoms with van der Waals surface area (Å²) in [4.78, 5) is 20.0. The minimum absolute atomic E-state index is 0.271. The molecule has 0 spiro atoms. The van der Waals surface area contributed by atoms with E-state index in [1.807, 2.05) is 45.7 Å². The molecule has 10 nitrogen and oxygen atoms in total. The number of carbonyl (C=O) groups is 1. The molecule has 1 aliphatic rings. The Morgan fingerprint density at radius 1 is 1.16 bits per heavy atom. The van der Waals surface area contributed by atoms with Crippen molar-refractivity contribution in [3.05, 3.63) is 36.2 Å². The van der Waals surface area contributed by atoms with Gasteiger partial charge < -0.3 is 20.3 Å². The number of anilines is 2. The molecular formula is C22H26N8O2. The van der Waals surface area contributed by atoms with Crippen LogP contribution >= 0.6 is 0 Å². The zero-order chi connectivity index (χ0) is 22.4. The van der Waals surface area contributed by atoms with Gasteiger partial charge in [0, 0.05) is 62.1 Å². The minimum atomic E-state index is -0.271. The van der Waals surface area contributed by atoms with Gasteiger partial charge in [-0.15, -0.1) is 0 Å². The normalized spacial score (nSPS) is 16.2. The number of aryl methyl sites for hydroxylation is 2. The number of amides is 1. The molecule has 1 atom stereocenters. The number of hydrogen-bond acceptors (Lipinski definition) is 7. The fraction of sp³-hybridized carbons (Fsp3) is 0.364. The molecule has 4 heterocycles. The lowest BCUT2D eigenvalue weighted by atomic mass is 10.1. The number of benzene rings is 1. The second-order valence-electron chi connectivity index (χ2n) is 8.13. The van der Waals surface area contributed by atoms with E-state index in [2.05, 4.69) is 30.7 Å². The molecule has 1 fully saturated rings. The number of rotatable bonds is 5. The van der Waals surface area contributed by atoms with Crippen LogP contribution in [0.4, 0.5) is 11.5 Å². The number of pyridine rings is 1. The number of nitrogens with one attached hydrogen (secondary N) is 2.